The Hall–Kier alpha value is -2.57. The first kappa shape index (κ1) is 21.7. The van der Waals surface area contributed by atoms with E-state index in [1.165, 1.54) is 19.3 Å². The van der Waals surface area contributed by atoms with Crippen LogP contribution >= 0.6 is 11.6 Å². The van der Waals surface area contributed by atoms with Gasteiger partial charge in [0.1, 0.15) is 11.4 Å². The van der Waals surface area contributed by atoms with Gasteiger partial charge in [-0.25, -0.2) is 4.68 Å². The highest BCUT2D eigenvalue weighted by Gasteiger charge is 2.20. The minimum absolute atomic E-state index is 0.125. The molecule has 7 heteroatoms. The number of likely N-dealkylation sites (tertiary alicyclic amines) is 1. The van der Waals surface area contributed by atoms with Crippen LogP contribution in [0.2, 0.25) is 5.02 Å². The zero-order valence-electron chi connectivity index (χ0n) is 18.2. The van der Waals surface area contributed by atoms with Crippen LogP contribution in [0.1, 0.15) is 43.1 Å². The third-order valence-electron chi connectivity index (χ3n) is 6.05. The summed E-state index contributed by atoms with van der Waals surface area (Å²) in [5, 5.41) is 8.42. The number of nitrogens with one attached hydrogen (secondary N) is 1. The third kappa shape index (κ3) is 5.02. The van der Waals surface area contributed by atoms with Crippen LogP contribution < -0.4 is 5.32 Å². The summed E-state index contributed by atoms with van der Waals surface area (Å²) in [5.41, 5.74) is 2.97. The van der Waals surface area contributed by atoms with Crippen molar-refractivity contribution in [2.45, 2.75) is 38.6 Å². The van der Waals surface area contributed by atoms with Crippen LogP contribution in [0.3, 0.4) is 0 Å². The summed E-state index contributed by atoms with van der Waals surface area (Å²) in [5.74, 6) is -0.125. The second-order valence-corrected chi connectivity index (χ2v) is 8.74. The molecule has 1 unspecified atom stereocenters. The van der Waals surface area contributed by atoms with E-state index in [1.54, 1.807) is 4.68 Å². The Morgan fingerprint density at radius 1 is 1.23 bits per heavy atom. The zero-order chi connectivity index (χ0) is 21.8. The van der Waals surface area contributed by atoms with Crippen LogP contribution in [0, 0.1) is 0 Å². The minimum atomic E-state index is -0.125. The van der Waals surface area contributed by atoms with Crippen molar-refractivity contribution in [3.05, 3.63) is 59.4 Å². The Labute approximate surface area is 188 Å². The molecule has 1 aliphatic heterocycles. The Balaban J connectivity index is 1.49. The first-order chi connectivity index (χ1) is 15.0. The molecule has 1 aliphatic rings. The van der Waals surface area contributed by atoms with Gasteiger partial charge in [0.15, 0.2) is 0 Å². The molecule has 4 rings (SSSR count). The molecule has 3 heterocycles. The van der Waals surface area contributed by atoms with Crippen molar-refractivity contribution < 1.29 is 4.79 Å². The first-order valence-electron chi connectivity index (χ1n) is 11.0. The molecule has 0 saturated carbocycles. The molecule has 164 valence electrons. The van der Waals surface area contributed by atoms with E-state index < -0.39 is 0 Å². The molecule has 2 aromatic heterocycles. The molecule has 1 amide bonds. The monoisotopic (exact) mass is 439 g/mol. The SMILES string of the molecule is CC1CCCCN1CCCNC(=O)c1cc(-c2cccn2C)nn1-c1cccc(Cl)c1. The normalized spacial score (nSPS) is 17.1. The van der Waals surface area contributed by atoms with Crippen molar-refractivity contribution in [1.82, 2.24) is 24.6 Å². The van der Waals surface area contributed by atoms with Crippen LogP contribution in [0.15, 0.2) is 48.7 Å². The fraction of sp³-hybridized carbons (Fsp3) is 0.417. The van der Waals surface area contributed by atoms with E-state index in [-0.39, 0.29) is 5.91 Å². The number of aromatic nitrogens is 3. The smallest absolute Gasteiger partial charge is 0.270 e. The van der Waals surface area contributed by atoms with Gasteiger partial charge < -0.3 is 14.8 Å². The molecule has 31 heavy (non-hydrogen) atoms. The van der Waals surface area contributed by atoms with Crippen molar-refractivity contribution in [3.8, 4) is 17.1 Å². The number of carbonyl (C=O) groups excluding carboxylic acids is 1. The Kier molecular flexibility index (Phi) is 6.78. The first-order valence-corrected chi connectivity index (χ1v) is 11.4. The lowest BCUT2D eigenvalue weighted by molar-refractivity contribution is 0.0941. The van der Waals surface area contributed by atoms with Crippen molar-refractivity contribution in [2.24, 2.45) is 7.05 Å². The molecule has 1 aromatic carbocycles. The van der Waals surface area contributed by atoms with Gasteiger partial charge in [0.05, 0.1) is 11.4 Å². The lowest BCUT2D eigenvalue weighted by atomic mass is 10.0. The number of piperidine rings is 1. The number of aryl methyl sites for hydroxylation is 1. The molecule has 0 aliphatic carbocycles. The van der Waals surface area contributed by atoms with E-state index in [4.69, 9.17) is 16.7 Å². The fourth-order valence-electron chi connectivity index (χ4n) is 4.26. The average molecular weight is 440 g/mol. The fourth-order valence-corrected chi connectivity index (χ4v) is 4.45. The van der Waals surface area contributed by atoms with Gasteiger partial charge in [-0.1, -0.05) is 24.1 Å². The largest absolute Gasteiger partial charge is 0.351 e. The Morgan fingerprint density at radius 3 is 2.84 bits per heavy atom. The molecule has 0 bridgehead atoms. The molecule has 6 nitrogen and oxygen atoms in total. The topological polar surface area (TPSA) is 55.1 Å². The van der Waals surface area contributed by atoms with Gasteiger partial charge in [0.2, 0.25) is 0 Å². The van der Waals surface area contributed by atoms with Gasteiger partial charge in [-0.15, -0.1) is 0 Å². The number of rotatable bonds is 7. The van der Waals surface area contributed by atoms with Gasteiger partial charge in [-0.05, 0) is 69.1 Å². The molecule has 1 saturated heterocycles. The Morgan fingerprint density at radius 2 is 2.10 bits per heavy atom. The number of hydrogen-bond donors (Lipinski definition) is 1. The van der Waals surface area contributed by atoms with Crippen molar-refractivity contribution >= 4 is 17.5 Å². The summed E-state index contributed by atoms with van der Waals surface area (Å²) in [6.07, 6.45) is 6.77. The van der Waals surface area contributed by atoms with Crippen molar-refractivity contribution in [2.75, 3.05) is 19.6 Å². The van der Waals surface area contributed by atoms with Gasteiger partial charge in [-0.3, -0.25) is 4.79 Å². The maximum Gasteiger partial charge on any atom is 0.270 e. The predicted octanol–water partition coefficient (Wildman–Crippen LogP) is 4.53. The molecular weight excluding hydrogens is 410 g/mol. The number of halogens is 1. The highest BCUT2D eigenvalue weighted by atomic mass is 35.5. The number of carbonyl (C=O) groups is 1. The molecular formula is C24H30ClN5O. The van der Waals surface area contributed by atoms with Gasteiger partial charge in [0.25, 0.3) is 5.91 Å². The maximum atomic E-state index is 13.1. The number of amides is 1. The van der Waals surface area contributed by atoms with E-state index in [0.717, 1.165) is 36.6 Å². The minimum Gasteiger partial charge on any atom is -0.351 e. The summed E-state index contributed by atoms with van der Waals surface area (Å²) >= 11 is 6.20. The molecule has 1 fully saturated rings. The second kappa shape index (κ2) is 9.71. The average Bonchev–Trinajstić information content (AvgIpc) is 3.38. The molecule has 1 atom stereocenters. The molecule has 0 radical (unpaired) electrons. The summed E-state index contributed by atoms with van der Waals surface area (Å²) in [6, 6.07) is 13.8. The van der Waals surface area contributed by atoms with Gasteiger partial charge in [0, 0.05) is 37.4 Å². The zero-order valence-corrected chi connectivity index (χ0v) is 19.0. The van der Waals surface area contributed by atoms with Crippen LogP contribution in [0.25, 0.3) is 17.1 Å². The second-order valence-electron chi connectivity index (χ2n) is 8.30. The Bertz CT molecular complexity index is 1040. The lowest BCUT2D eigenvalue weighted by Crippen LogP contribution is -2.39. The van der Waals surface area contributed by atoms with E-state index in [1.807, 2.05) is 60.3 Å². The number of hydrogen-bond acceptors (Lipinski definition) is 3. The molecule has 3 aromatic rings. The predicted molar refractivity (Wildman–Crippen MR) is 125 cm³/mol. The van der Waals surface area contributed by atoms with E-state index in [2.05, 4.69) is 17.1 Å². The van der Waals surface area contributed by atoms with Crippen molar-refractivity contribution in [1.29, 1.82) is 0 Å². The number of nitrogens with zero attached hydrogens (tertiary/aromatic N) is 4. The van der Waals surface area contributed by atoms with E-state index >= 15 is 0 Å². The summed E-state index contributed by atoms with van der Waals surface area (Å²) < 4.78 is 3.67. The van der Waals surface area contributed by atoms with Crippen molar-refractivity contribution in [3.63, 3.8) is 0 Å². The van der Waals surface area contributed by atoms with E-state index in [0.29, 0.717) is 23.3 Å². The molecule has 0 spiro atoms. The third-order valence-corrected chi connectivity index (χ3v) is 6.28. The quantitative estimate of drug-likeness (QED) is 0.550. The number of benzene rings is 1. The van der Waals surface area contributed by atoms with Crippen LogP contribution in [-0.2, 0) is 7.05 Å². The van der Waals surface area contributed by atoms with E-state index in [9.17, 15) is 4.79 Å². The summed E-state index contributed by atoms with van der Waals surface area (Å²) in [7, 11) is 1.97. The van der Waals surface area contributed by atoms with Crippen LogP contribution in [0.5, 0.6) is 0 Å². The highest BCUT2D eigenvalue weighted by molar-refractivity contribution is 6.30. The molecule has 1 N–H and O–H groups in total. The standard InChI is InChI=1S/C24H30ClN5O/c1-18-8-3-4-14-29(18)15-7-12-26-24(31)23-17-21(22-11-6-13-28(22)2)27-30(23)20-10-5-9-19(25)16-20/h5-6,9-11,13,16-18H,3-4,7-8,12,14-15H2,1-2H3,(H,26,31). The van der Waals surface area contributed by atoms with Crippen LogP contribution in [0.4, 0.5) is 0 Å². The highest BCUT2D eigenvalue weighted by Crippen LogP contribution is 2.23. The lowest BCUT2D eigenvalue weighted by Gasteiger charge is -2.33. The van der Waals surface area contributed by atoms with Gasteiger partial charge in [-0.2, -0.15) is 5.10 Å². The summed E-state index contributed by atoms with van der Waals surface area (Å²) in [6.45, 7) is 5.12. The maximum absolute atomic E-state index is 13.1. The summed E-state index contributed by atoms with van der Waals surface area (Å²) in [4.78, 5) is 15.6. The van der Waals surface area contributed by atoms with Crippen LogP contribution in [-0.4, -0.2) is 50.8 Å². The van der Waals surface area contributed by atoms with Gasteiger partial charge >= 0.3 is 0 Å².